The Morgan fingerprint density at radius 2 is 1.77 bits per heavy atom. The van der Waals surface area contributed by atoms with Gasteiger partial charge in [0.05, 0.1) is 37.6 Å². The fraction of sp³-hybridized carbons (Fsp3) is 0.433. The summed E-state index contributed by atoms with van der Waals surface area (Å²) in [4.78, 5) is 25.0. The second-order valence-corrected chi connectivity index (χ2v) is 10.1. The first-order valence-electron chi connectivity index (χ1n) is 13.4. The van der Waals surface area contributed by atoms with Crippen LogP contribution in [0, 0.1) is 5.92 Å². The standard InChI is InChI=1S/C30H38N4O5/c1-33(18-17-28(35)36)30(37)22-9-11-23(12-10-22)31-29(21-7-5-4-6-8-21)26-19-34(32-27(26)20-38-2)24-13-15-25(39-3)16-14-24/h9-16,19,21,29,31H,4-8,17-18,20H2,1-3H3,(H,35,36). The second-order valence-electron chi connectivity index (χ2n) is 10.1. The van der Waals surface area contributed by atoms with Crippen molar-refractivity contribution in [3.05, 3.63) is 71.5 Å². The van der Waals surface area contributed by atoms with Crippen molar-refractivity contribution in [3.8, 4) is 11.4 Å². The summed E-state index contributed by atoms with van der Waals surface area (Å²) >= 11 is 0. The monoisotopic (exact) mass is 534 g/mol. The molecule has 1 fully saturated rings. The maximum atomic E-state index is 12.7. The maximum Gasteiger partial charge on any atom is 0.305 e. The van der Waals surface area contributed by atoms with Crippen LogP contribution in [0.15, 0.2) is 54.7 Å². The van der Waals surface area contributed by atoms with E-state index in [1.807, 2.05) is 41.1 Å². The molecule has 0 spiro atoms. The highest BCUT2D eigenvalue weighted by Crippen LogP contribution is 2.38. The molecule has 0 aliphatic heterocycles. The number of methoxy groups -OCH3 is 2. The van der Waals surface area contributed by atoms with Gasteiger partial charge in [-0.25, -0.2) is 4.68 Å². The summed E-state index contributed by atoms with van der Waals surface area (Å²) in [6.45, 7) is 0.567. The number of ether oxygens (including phenoxy) is 2. The molecule has 2 aromatic carbocycles. The highest BCUT2D eigenvalue weighted by atomic mass is 16.5. The lowest BCUT2D eigenvalue weighted by Crippen LogP contribution is -2.29. The number of carboxylic acids is 1. The molecule has 1 aliphatic rings. The molecule has 1 amide bonds. The number of rotatable bonds is 12. The van der Waals surface area contributed by atoms with Crippen molar-refractivity contribution < 1.29 is 24.2 Å². The molecule has 0 radical (unpaired) electrons. The molecule has 9 heteroatoms. The van der Waals surface area contributed by atoms with Crippen molar-refractivity contribution >= 4 is 17.6 Å². The van der Waals surface area contributed by atoms with E-state index >= 15 is 0 Å². The molecule has 1 saturated carbocycles. The average molecular weight is 535 g/mol. The highest BCUT2D eigenvalue weighted by Gasteiger charge is 2.29. The second kappa shape index (κ2) is 13.3. The Morgan fingerprint density at radius 3 is 2.38 bits per heavy atom. The number of benzene rings is 2. The Balaban J connectivity index is 1.60. The molecule has 1 unspecified atom stereocenters. The topological polar surface area (TPSA) is 106 Å². The molecular formula is C30H38N4O5. The zero-order valence-corrected chi connectivity index (χ0v) is 22.9. The van der Waals surface area contributed by atoms with Crippen LogP contribution in [0.4, 0.5) is 5.69 Å². The largest absolute Gasteiger partial charge is 0.497 e. The minimum absolute atomic E-state index is 0.0299. The molecule has 9 nitrogen and oxygen atoms in total. The lowest BCUT2D eigenvalue weighted by Gasteiger charge is -2.32. The van der Waals surface area contributed by atoms with Crippen molar-refractivity contribution in [3.63, 3.8) is 0 Å². The average Bonchev–Trinajstić information content (AvgIpc) is 3.38. The van der Waals surface area contributed by atoms with Gasteiger partial charge >= 0.3 is 5.97 Å². The third kappa shape index (κ3) is 7.17. The third-order valence-electron chi connectivity index (χ3n) is 7.36. The van der Waals surface area contributed by atoms with Crippen LogP contribution in [-0.2, 0) is 16.1 Å². The van der Waals surface area contributed by atoms with Crippen LogP contribution in [0.5, 0.6) is 5.75 Å². The van der Waals surface area contributed by atoms with Crippen LogP contribution in [0.3, 0.4) is 0 Å². The highest BCUT2D eigenvalue weighted by molar-refractivity contribution is 5.94. The van der Waals surface area contributed by atoms with Crippen LogP contribution in [-0.4, -0.2) is 59.5 Å². The minimum atomic E-state index is -0.925. The summed E-state index contributed by atoms with van der Waals surface area (Å²) < 4.78 is 12.7. The molecule has 3 aromatic rings. The SMILES string of the molecule is COCc1nn(-c2ccc(OC)cc2)cc1C(Nc1ccc(C(=O)N(C)CCC(=O)O)cc1)C1CCCCC1. The number of aliphatic carboxylic acids is 1. The zero-order valence-electron chi connectivity index (χ0n) is 22.9. The summed E-state index contributed by atoms with van der Waals surface area (Å²) in [6, 6.07) is 15.2. The Morgan fingerprint density at radius 1 is 1.08 bits per heavy atom. The molecule has 1 atom stereocenters. The van der Waals surface area contributed by atoms with Crippen LogP contribution >= 0.6 is 0 Å². The number of hydrogen-bond acceptors (Lipinski definition) is 6. The number of nitrogens with one attached hydrogen (secondary N) is 1. The molecule has 0 saturated heterocycles. The Bertz CT molecular complexity index is 1230. The van der Waals surface area contributed by atoms with Gasteiger partial charge in [0, 0.05) is 43.7 Å². The van der Waals surface area contributed by atoms with Crippen LogP contribution in [0.2, 0.25) is 0 Å². The summed E-state index contributed by atoms with van der Waals surface area (Å²) in [5, 5.41) is 17.6. The minimum Gasteiger partial charge on any atom is -0.497 e. The molecule has 1 aliphatic carbocycles. The van der Waals surface area contributed by atoms with Crippen LogP contribution < -0.4 is 10.1 Å². The van der Waals surface area contributed by atoms with Gasteiger partial charge in [-0.2, -0.15) is 5.10 Å². The number of carboxylic acid groups (broad SMARTS) is 1. The van der Waals surface area contributed by atoms with E-state index in [2.05, 4.69) is 11.5 Å². The van der Waals surface area contributed by atoms with E-state index in [1.54, 1.807) is 33.4 Å². The van der Waals surface area contributed by atoms with Gasteiger partial charge < -0.3 is 24.8 Å². The van der Waals surface area contributed by atoms with Gasteiger partial charge in [0.1, 0.15) is 5.75 Å². The normalized spacial score (nSPS) is 14.5. The predicted octanol–water partition coefficient (Wildman–Crippen LogP) is 5.31. The third-order valence-corrected chi connectivity index (χ3v) is 7.36. The Kier molecular flexibility index (Phi) is 9.59. The van der Waals surface area contributed by atoms with Crippen molar-refractivity contribution in [1.29, 1.82) is 0 Å². The smallest absolute Gasteiger partial charge is 0.305 e. The lowest BCUT2D eigenvalue weighted by atomic mass is 9.81. The number of anilines is 1. The van der Waals surface area contributed by atoms with E-state index in [0.29, 0.717) is 18.1 Å². The van der Waals surface area contributed by atoms with Gasteiger partial charge in [0.25, 0.3) is 5.91 Å². The van der Waals surface area contributed by atoms with Crippen molar-refractivity contribution in [1.82, 2.24) is 14.7 Å². The fourth-order valence-corrected chi connectivity index (χ4v) is 5.19. The lowest BCUT2D eigenvalue weighted by molar-refractivity contribution is -0.137. The van der Waals surface area contributed by atoms with E-state index in [0.717, 1.165) is 41.2 Å². The van der Waals surface area contributed by atoms with E-state index in [-0.39, 0.29) is 24.9 Å². The molecule has 39 heavy (non-hydrogen) atoms. The molecule has 4 rings (SSSR count). The number of aromatic nitrogens is 2. The van der Waals surface area contributed by atoms with E-state index in [9.17, 15) is 9.59 Å². The number of hydrogen-bond donors (Lipinski definition) is 2. The molecule has 2 N–H and O–H groups in total. The molecule has 1 heterocycles. The van der Waals surface area contributed by atoms with Crippen molar-refractivity contribution in [2.24, 2.45) is 5.92 Å². The number of carbonyl (C=O) groups is 2. The van der Waals surface area contributed by atoms with Gasteiger partial charge in [-0.05, 0) is 67.3 Å². The molecular weight excluding hydrogens is 496 g/mol. The molecule has 0 bridgehead atoms. The fourth-order valence-electron chi connectivity index (χ4n) is 5.19. The number of carbonyl (C=O) groups excluding carboxylic acids is 1. The number of nitrogens with zero attached hydrogens (tertiary/aromatic N) is 3. The first kappa shape index (κ1) is 28.2. The van der Waals surface area contributed by atoms with Crippen molar-refractivity contribution in [2.75, 3.05) is 33.1 Å². The van der Waals surface area contributed by atoms with Crippen LogP contribution in [0.1, 0.15) is 66.2 Å². The maximum absolute atomic E-state index is 12.7. The summed E-state index contributed by atoms with van der Waals surface area (Å²) in [7, 11) is 4.95. The van der Waals surface area contributed by atoms with Gasteiger partial charge in [-0.1, -0.05) is 19.3 Å². The quantitative estimate of drug-likeness (QED) is 0.324. The zero-order chi connectivity index (χ0) is 27.8. The first-order chi connectivity index (χ1) is 18.9. The van der Waals surface area contributed by atoms with E-state index in [4.69, 9.17) is 19.7 Å². The molecule has 208 valence electrons. The summed E-state index contributed by atoms with van der Waals surface area (Å²) in [5.74, 6) is 0.104. The van der Waals surface area contributed by atoms with Gasteiger partial charge in [-0.3, -0.25) is 9.59 Å². The van der Waals surface area contributed by atoms with Crippen LogP contribution in [0.25, 0.3) is 5.69 Å². The van der Waals surface area contributed by atoms with Gasteiger partial charge in [0.15, 0.2) is 0 Å². The number of amides is 1. The molecule has 1 aromatic heterocycles. The first-order valence-corrected chi connectivity index (χ1v) is 13.4. The summed E-state index contributed by atoms with van der Waals surface area (Å²) in [5.41, 5.74) is 4.37. The predicted molar refractivity (Wildman–Crippen MR) is 149 cm³/mol. The van der Waals surface area contributed by atoms with Gasteiger partial charge in [-0.15, -0.1) is 0 Å². The van der Waals surface area contributed by atoms with E-state index in [1.165, 1.54) is 24.2 Å². The van der Waals surface area contributed by atoms with Gasteiger partial charge in [0.2, 0.25) is 0 Å². The Hall–Kier alpha value is -3.85. The van der Waals surface area contributed by atoms with Crippen molar-refractivity contribution in [2.45, 2.75) is 51.2 Å². The Labute approximate surface area is 229 Å². The summed E-state index contributed by atoms with van der Waals surface area (Å²) in [6.07, 6.45) is 7.92. The van der Waals surface area contributed by atoms with E-state index < -0.39 is 5.97 Å².